The first kappa shape index (κ1) is 12.5. The Kier molecular flexibility index (Phi) is 3.17. The fourth-order valence-electron chi connectivity index (χ4n) is 2.10. The van der Waals surface area contributed by atoms with E-state index in [0.717, 1.165) is 28.9 Å². The molecule has 0 atom stereocenters. The number of hydrogen-bond donors (Lipinski definition) is 0. The molecule has 0 spiro atoms. The lowest BCUT2D eigenvalue weighted by atomic mass is 10.1. The first-order chi connectivity index (χ1) is 9.20. The van der Waals surface area contributed by atoms with Gasteiger partial charge < -0.3 is 0 Å². The van der Waals surface area contributed by atoms with Gasteiger partial charge in [-0.3, -0.25) is 0 Å². The third kappa shape index (κ3) is 2.09. The van der Waals surface area contributed by atoms with E-state index in [1.165, 1.54) is 0 Å². The van der Waals surface area contributed by atoms with Crippen LogP contribution < -0.4 is 0 Å². The summed E-state index contributed by atoms with van der Waals surface area (Å²) < 4.78 is 1.65. The molecule has 0 aliphatic carbocycles. The molecule has 3 nitrogen and oxygen atoms in total. The zero-order chi connectivity index (χ0) is 13.4. The van der Waals surface area contributed by atoms with Gasteiger partial charge in [0.15, 0.2) is 5.65 Å². The van der Waals surface area contributed by atoms with E-state index in [-0.39, 0.29) is 0 Å². The highest BCUT2D eigenvalue weighted by Gasteiger charge is 2.14. The predicted octanol–water partition coefficient (Wildman–Crippen LogP) is 4.27. The van der Waals surface area contributed by atoms with E-state index >= 15 is 0 Å². The van der Waals surface area contributed by atoms with Crippen molar-refractivity contribution in [3.63, 3.8) is 0 Å². The molecule has 0 aliphatic heterocycles. The lowest BCUT2D eigenvalue weighted by Gasteiger charge is -2.10. The molecule has 0 fully saturated rings. The number of nitrogens with zero attached hydrogens (tertiary/aromatic N) is 3. The Bertz CT molecular complexity index is 732. The van der Waals surface area contributed by atoms with Crippen molar-refractivity contribution in [3.05, 3.63) is 52.3 Å². The quantitative estimate of drug-likeness (QED) is 0.660. The fourth-order valence-corrected chi connectivity index (χ4v) is 2.58. The maximum Gasteiger partial charge on any atom is 0.157 e. The number of rotatable bonds is 2. The third-order valence-electron chi connectivity index (χ3n) is 3.04. The zero-order valence-corrected chi connectivity index (χ0v) is 11.8. The molecule has 19 heavy (non-hydrogen) atoms. The van der Waals surface area contributed by atoms with Gasteiger partial charge in [-0.15, -0.1) is 0 Å². The normalized spacial score (nSPS) is 11.1. The second-order valence-corrected chi connectivity index (χ2v) is 4.99. The molecule has 0 radical (unpaired) electrons. The minimum atomic E-state index is 0.613. The van der Waals surface area contributed by atoms with Crippen molar-refractivity contribution in [2.75, 3.05) is 0 Å². The molecule has 3 rings (SSSR count). The Morgan fingerprint density at radius 1 is 1.11 bits per heavy atom. The Hall–Kier alpha value is -1.58. The smallest absolute Gasteiger partial charge is 0.157 e. The van der Waals surface area contributed by atoms with Crippen LogP contribution in [-0.2, 0) is 6.42 Å². The first-order valence-corrected chi connectivity index (χ1v) is 6.74. The molecule has 0 aliphatic rings. The van der Waals surface area contributed by atoms with Crippen molar-refractivity contribution in [1.29, 1.82) is 0 Å². The second kappa shape index (κ2) is 4.83. The highest BCUT2D eigenvalue weighted by atomic mass is 35.5. The minimum Gasteiger partial charge on any atom is -0.228 e. The lowest BCUT2D eigenvalue weighted by molar-refractivity contribution is 0.914. The van der Waals surface area contributed by atoms with E-state index in [2.05, 4.69) is 17.0 Å². The highest BCUT2D eigenvalue weighted by molar-refractivity contribution is 6.31. The largest absolute Gasteiger partial charge is 0.228 e. The third-order valence-corrected chi connectivity index (χ3v) is 3.68. The molecule has 0 amide bonds. The average Bonchev–Trinajstić information content (AvgIpc) is 2.88. The molecule has 2 aromatic heterocycles. The molecule has 0 saturated carbocycles. The standard InChI is InChI=1S/C14H11Cl2N3/c1-2-11-13(9-3-5-10(15)6-4-9)18-12-7-8-17-19(12)14(11)16/h3-8H,2H2,1H3. The van der Waals surface area contributed by atoms with E-state index in [0.29, 0.717) is 10.2 Å². The van der Waals surface area contributed by atoms with Crippen molar-refractivity contribution < 1.29 is 0 Å². The van der Waals surface area contributed by atoms with E-state index in [1.807, 2.05) is 30.3 Å². The van der Waals surface area contributed by atoms with E-state index in [1.54, 1.807) is 10.7 Å². The van der Waals surface area contributed by atoms with Crippen molar-refractivity contribution in [3.8, 4) is 11.3 Å². The van der Waals surface area contributed by atoms with Crippen molar-refractivity contribution in [2.45, 2.75) is 13.3 Å². The topological polar surface area (TPSA) is 30.2 Å². The molecule has 0 unspecified atom stereocenters. The fraction of sp³-hybridized carbons (Fsp3) is 0.143. The number of benzene rings is 1. The van der Waals surface area contributed by atoms with Crippen molar-refractivity contribution >= 4 is 28.8 Å². The molecule has 0 saturated heterocycles. The molecule has 0 N–H and O–H groups in total. The van der Waals surface area contributed by atoms with Crippen LogP contribution in [-0.4, -0.2) is 14.6 Å². The Balaban J connectivity index is 2.29. The summed E-state index contributed by atoms with van der Waals surface area (Å²) in [6.07, 6.45) is 2.49. The maximum atomic E-state index is 6.40. The summed E-state index contributed by atoms with van der Waals surface area (Å²) in [5.74, 6) is 0. The minimum absolute atomic E-state index is 0.613. The summed E-state index contributed by atoms with van der Waals surface area (Å²) in [5.41, 5.74) is 3.62. The summed E-state index contributed by atoms with van der Waals surface area (Å²) in [7, 11) is 0. The van der Waals surface area contributed by atoms with Crippen LogP contribution in [0.25, 0.3) is 16.9 Å². The molecule has 2 heterocycles. The van der Waals surface area contributed by atoms with Crippen LogP contribution in [0.5, 0.6) is 0 Å². The van der Waals surface area contributed by atoms with Crippen LogP contribution in [0.15, 0.2) is 36.5 Å². The van der Waals surface area contributed by atoms with Crippen LogP contribution >= 0.6 is 23.2 Å². The number of halogens is 2. The monoisotopic (exact) mass is 291 g/mol. The van der Waals surface area contributed by atoms with Gasteiger partial charge in [0.25, 0.3) is 0 Å². The number of hydrogen-bond acceptors (Lipinski definition) is 2. The van der Waals surface area contributed by atoms with Crippen LogP contribution in [0, 0.1) is 0 Å². The Labute approximate surface area is 120 Å². The van der Waals surface area contributed by atoms with Crippen molar-refractivity contribution in [2.24, 2.45) is 0 Å². The zero-order valence-electron chi connectivity index (χ0n) is 10.3. The van der Waals surface area contributed by atoms with Gasteiger partial charge in [-0.05, 0) is 18.6 Å². The molecule has 0 bridgehead atoms. The lowest BCUT2D eigenvalue weighted by Crippen LogP contribution is -2.01. The van der Waals surface area contributed by atoms with Gasteiger partial charge in [-0.2, -0.15) is 5.10 Å². The van der Waals surface area contributed by atoms with Crippen LogP contribution in [0.2, 0.25) is 10.2 Å². The summed E-state index contributed by atoms with van der Waals surface area (Å²) in [4.78, 5) is 4.64. The number of aromatic nitrogens is 3. The van der Waals surface area contributed by atoms with Gasteiger partial charge in [-0.1, -0.05) is 42.3 Å². The predicted molar refractivity (Wildman–Crippen MR) is 77.8 cm³/mol. The Morgan fingerprint density at radius 2 is 1.84 bits per heavy atom. The summed E-state index contributed by atoms with van der Waals surface area (Å²) in [6, 6.07) is 9.45. The Morgan fingerprint density at radius 3 is 2.53 bits per heavy atom. The molecule has 5 heteroatoms. The van der Waals surface area contributed by atoms with Gasteiger partial charge in [0.05, 0.1) is 11.9 Å². The summed E-state index contributed by atoms with van der Waals surface area (Å²) in [6.45, 7) is 2.05. The van der Waals surface area contributed by atoms with E-state index < -0.39 is 0 Å². The highest BCUT2D eigenvalue weighted by Crippen LogP contribution is 2.29. The maximum absolute atomic E-state index is 6.40. The second-order valence-electron chi connectivity index (χ2n) is 4.19. The molecular formula is C14H11Cl2N3. The van der Waals surface area contributed by atoms with Crippen LogP contribution in [0.4, 0.5) is 0 Å². The average molecular weight is 292 g/mol. The van der Waals surface area contributed by atoms with Gasteiger partial charge in [-0.25, -0.2) is 9.50 Å². The SMILES string of the molecule is CCc1c(-c2ccc(Cl)cc2)nc2ccnn2c1Cl. The van der Waals surface area contributed by atoms with Gasteiger partial charge in [0.1, 0.15) is 5.15 Å². The van der Waals surface area contributed by atoms with Gasteiger partial charge in [0, 0.05) is 22.2 Å². The molecular weight excluding hydrogens is 281 g/mol. The van der Waals surface area contributed by atoms with Gasteiger partial charge in [0.2, 0.25) is 0 Å². The summed E-state index contributed by atoms with van der Waals surface area (Å²) in [5, 5.41) is 5.50. The van der Waals surface area contributed by atoms with Crippen LogP contribution in [0.3, 0.4) is 0 Å². The van der Waals surface area contributed by atoms with Gasteiger partial charge >= 0.3 is 0 Å². The van der Waals surface area contributed by atoms with Crippen molar-refractivity contribution in [1.82, 2.24) is 14.6 Å². The molecule has 1 aromatic carbocycles. The first-order valence-electron chi connectivity index (χ1n) is 5.98. The van der Waals surface area contributed by atoms with E-state index in [4.69, 9.17) is 23.2 Å². The van der Waals surface area contributed by atoms with E-state index in [9.17, 15) is 0 Å². The summed E-state index contributed by atoms with van der Waals surface area (Å²) >= 11 is 12.3. The molecule has 96 valence electrons. The van der Waals surface area contributed by atoms with Crippen LogP contribution in [0.1, 0.15) is 12.5 Å². The number of fused-ring (bicyclic) bond motifs is 1. The molecule has 3 aromatic rings.